The van der Waals surface area contributed by atoms with E-state index in [0.29, 0.717) is 16.3 Å². The highest BCUT2D eigenvalue weighted by Crippen LogP contribution is 2.22. The molecule has 0 saturated heterocycles. The molecule has 1 amide bonds. The van der Waals surface area contributed by atoms with Gasteiger partial charge in [-0.1, -0.05) is 12.1 Å². The number of hydrogen-bond donors (Lipinski definition) is 1. The number of fused-ring (bicyclic) bond motifs is 1. The second-order valence-corrected chi connectivity index (χ2v) is 8.97. The smallest absolute Gasteiger partial charge is 0.254 e. The van der Waals surface area contributed by atoms with Crippen molar-refractivity contribution in [1.29, 1.82) is 0 Å². The van der Waals surface area contributed by atoms with E-state index < -0.39 is 9.84 Å². The van der Waals surface area contributed by atoms with E-state index in [4.69, 9.17) is 0 Å². The third kappa shape index (κ3) is 3.51. The highest BCUT2D eigenvalue weighted by atomic mass is 32.2. The molecule has 0 saturated carbocycles. The van der Waals surface area contributed by atoms with Gasteiger partial charge in [-0.2, -0.15) is 0 Å². The molecule has 0 radical (unpaired) electrons. The zero-order chi connectivity index (χ0) is 19.7. The number of aryl methyl sites for hydroxylation is 1. The fraction of sp³-hybridized carbons (Fsp3) is 0.111. The summed E-state index contributed by atoms with van der Waals surface area (Å²) in [6, 6.07) is 6.38. The second-order valence-electron chi connectivity index (χ2n) is 6.01. The van der Waals surface area contributed by atoms with Crippen molar-refractivity contribution in [2.75, 3.05) is 0 Å². The molecule has 0 unspecified atom stereocenters. The lowest BCUT2D eigenvalue weighted by Crippen LogP contribution is -2.23. The molecule has 28 heavy (non-hydrogen) atoms. The molecule has 0 aliphatic carbocycles. The van der Waals surface area contributed by atoms with Gasteiger partial charge in [-0.3, -0.25) is 9.20 Å². The molecular formula is C18H15N5O3S2. The predicted octanol–water partition coefficient (Wildman–Crippen LogP) is 2.26. The highest BCUT2D eigenvalue weighted by molar-refractivity contribution is 7.91. The summed E-state index contributed by atoms with van der Waals surface area (Å²) in [4.78, 5) is 24.7. The first kappa shape index (κ1) is 18.3. The van der Waals surface area contributed by atoms with Crippen molar-refractivity contribution in [3.8, 4) is 0 Å². The normalized spacial score (nSPS) is 11.6. The largest absolute Gasteiger partial charge is 0.348 e. The first-order valence-corrected chi connectivity index (χ1v) is 10.6. The van der Waals surface area contributed by atoms with E-state index in [1.54, 1.807) is 42.0 Å². The predicted molar refractivity (Wildman–Crippen MR) is 103 cm³/mol. The van der Waals surface area contributed by atoms with Gasteiger partial charge in [0.25, 0.3) is 5.91 Å². The van der Waals surface area contributed by atoms with Crippen LogP contribution >= 0.6 is 11.3 Å². The van der Waals surface area contributed by atoms with Crippen LogP contribution in [0, 0.1) is 6.92 Å². The molecule has 0 aliphatic rings. The number of carbonyl (C=O) groups is 1. The zero-order valence-electron chi connectivity index (χ0n) is 14.7. The third-order valence-electron chi connectivity index (χ3n) is 4.07. The molecular weight excluding hydrogens is 398 g/mol. The van der Waals surface area contributed by atoms with Crippen LogP contribution in [-0.2, 0) is 16.4 Å². The molecule has 0 aliphatic heterocycles. The molecule has 4 rings (SSSR count). The number of aromatic nitrogens is 4. The van der Waals surface area contributed by atoms with Gasteiger partial charge in [0.1, 0.15) is 0 Å². The lowest BCUT2D eigenvalue weighted by Gasteiger charge is -2.07. The van der Waals surface area contributed by atoms with Crippen molar-refractivity contribution >= 4 is 32.9 Å². The molecule has 0 atom stereocenters. The Kier molecular flexibility index (Phi) is 4.65. The van der Waals surface area contributed by atoms with Gasteiger partial charge in [0.15, 0.2) is 5.03 Å². The zero-order valence-corrected chi connectivity index (χ0v) is 16.4. The Labute approximate surface area is 164 Å². The van der Waals surface area contributed by atoms with E-state index >= 15 is 0 Å². The van der Waals surface area contributed by atoms with Gasteiger partial charge >= 0.3 is 0 Å². The Bertz CT molecular complexity index is 1260. The lowest BCUT2D eigenvalue weighted by atomic mass is 10.2. The fourth-order valence-corrected chi connectivity index (χ4v) is 4.77. The van der Waals surface area contributed by atoms with E-state index in [1.165, 1.54) is 35.0 Å². The van der Waals surface area contributed by atoms with Crippen molar-refractivity contribution in [1.82, 2.24) is 24.7 Å². The maximum Gasteiger partial charge on any atom is 0.254 e. The van der Waals surface area contributed by atoms with Gasteiger partial charge in [0.2, 0.25) is 15.6 Å². The number of imidazole rings is 1. The van der Waals surface area contributed by atoms with Crippen molar-refractivity contribution < 1.29 is 13.2 Å². The number of rotatable bonds is 5. The highest BCUT2D eigenvalue weighted by Gasteiger charge is 2.20. The molecule has 8 nitrogen and oxygen atoms in total. The summed E-state index contributed by atoms with van der Waals surface area (Å²) in [7, 11) is -3.63. The minimum absolute atomic E-state index is 0.0541. The van der Waals surface area contributed by atoms with Crippen LogP contribution in [0.3, 0.4) is 0 Å². The molecule has 1 N–H and O–H groups in total. The lowest BCUT2D eigenvalue weighted by molar-refractivity contribution is 0.0950. The summed E-state index contributed by atoms with van der Waals surface area (Å²) in [6.45, 7) is 2.02. The molecule has 4 aromatic rings. The van der Waals surface area contributed by atoms with Crippen LogP contribution in [0.2, 0.25) is 0 Å². The third-order valence-corrected chi connectivity index (χ3v) is 6.64. The second kappa shape index (κ2) is 7.13. The summed E-state index contributed by atoms with van der Waals surface area (Å²) in [5, 5.41) is 5.07. The fourth-order valence-electron chi connectivity index (χ4n) is 2.59. The summed E-state index contributed by atoms with van der Waals surface area (Å²) >= 11 is 1.29. The monoisotopic (exact) mass is 413 g/mol. The Morgan fingerprint density at radius 1 is 1.21 bits per heavy atom. The van der Waals surface area contributed by atoms with Crippen LogP contribution in [-0.4, -0.2) is 33.7 Å². The molecule has 0 bridgehead atoms. The first-order valence-electron chi connectivity index (χ1n) is 8.26. The first-order chi connectivity index (χ1) is 13.4. The molecule has 0 fully saturated rings. The van der Waals surface area contributed by atoms with Crippen LogP contribution in [0.4, 0.5) is 0 Å². The number of thiazole rings is 1. The number of sulfone groups is 1. The number of benzene rings is 1. The number of nitrogens with zero attached hydrogens (tertiary/aromatic N) is 4. The van der Waals surface area contributed by atoms with Crippen molar-refractivity contribution in [3.63, 3.8) is 0 Å². The Hall–Kier alpha value is -3.11. The standard InChI is InChI=1S/C18H15N5O3S2/c1-12-22-16(11-27-12)28(25,26)15-4-2-13(3-5-15)8-20-17(24)14-9-21-18-19-6-7-23(18)10-14/h2-7,9-11H,8H2,1H3,(H,20,24). The van der Waals surface area contributed by atoms with Crippen LogP contribution < -0.4 is 5.32 Å². The van der Waals surface area contributed by atoms with Crippen LogP contribution in [0.1, 0.15) is 20.9 Å². The van der Waals surface area contributed by atoms with Gasteiger partial charge in [-0.25, -0.2) is 23.4 Å². The van der Waals surface area contributed by atoms with E-state index in [1.807, 2.05) is 0 Å². The van der Waals surface area contributed by atoms with Crippen LogP contribution in [0.25, 0.3) is 5.78 Å². The number of carbonyl (C=O) groups excluding carboxylic acids is 1. The van der Waals surface area contributed by atoms with Crippen LogP contribution in [0.5, 0.6) is 0 Å². The average Bonchev–Trinajstić information content (AvgIpc) is 3.34. The molecule has 3 heterocycles. The van der Waals surface area contributed by atoms with Crippen molar-refractivity contribution in [2.24, 2.45) is 0 Å². The Morgan fingerprint density at radius 2 is 2.00 bits per heavy atom. The number of hydrogen-bond acceptors (Lipinski definition) is 7. The van der Waals surface area contributed by atoms with Gasteiger partial charge in [0, 0.05) is 36.7 Å². The van der Waals surface area contributed by atoms with Crippen LogP contribution in [0.15, 0.2) is 64.4 Å². The van der Waals surface area contributed by atoms with E-state index in [-0.39, 0.29) is 22.4 Å². The van der Waals surface area contributed by atoms with Crippen molar-refractivity contribution in [2.45, 2.75) is 23.4 Å². The van der Waals surface area contributed by atoms with E-state index in [9.17, 15) is 13.2 Å². The van der Waals surface area contributed by atoms with Gasteiger partial charge in [-0.05, 0) is 24.6 Å². The summed E-state index contributed by atoms with van der Waals surface area (Å²) in [5.74, 6) is 0.237. The average molecular weight is 413 g/mol. The molecule has 1 aromatic carbocycles. The van der Waals surface area contributed by atoms with Gasteiger partial charge in [-0.15, -0.1) is 11.3 Å². The molecule has 142 valence electrons. The minimum atomic E-state index is -3.63. The molecule has 3 aromatic heterocycles. The van der Waals surface area contributed by atoms with E-state index in [2.05, 4.69) is 20.3 Å². The molecule has 10 heteroatoms. The van der Waals surface area contributed by atoms with Crippen molar-refractivity contribution in [3.05, 3.63) is 70.6 Å². The number of amides is 1. The van der Waals surface area contributed by atoms with Gasteiger partial charge < -0.3 is 5.32 Å². The maximum atomic E-state index is 12.6. The number of nitrogens with one attached hydrogen (secondary N) is 1. The summed E-state index contributed by atoms with van der Waals surface area (Å²) in [5.41, 5.74) is 1.18. The topological polar surface area (TPSA) is 106 Å². The summed E-state index contributed by atoms with van der Waals surface area (Å²) < 4.78 is 26.8. The summed E-state index contributed by atoms with van der Waals surface area (Å²) in [6.07, 6.45) is 6.42. The quantitative estimate of drug-likeness (QED) is 0.538. The SMILES string of the molecule is Cc1nc(S(=O)(=O)c2ccc(CNC(=O)c3cnc4nccn4c3)cc2)cs1. The minimum Gasteiger partial charge on any atom is -0.348 e. The van der Waals surface area contributed by atoms with Gasteiger partial charge in [0.05, 0.1) is 15.5 Å². The molecule has 0 spiro atoms. The Balaban J connectivity index is 1.45. The Morgan fingerprint density at radius 3 is 2.71 bits per heavy atom. The van der Waals surface area contributed by atoms with E-state index in [0.717, 1.165) is 5.56 Å². The maximum absolute atomic E-state index is 12.6.